The van der Waals surface area contributed by atoms with Crippen LogP contribution in [0.25, 0.3) is 0 Å². The van der Waals surface area contributed by atoms with Crippen LogP contribution >= 0.6 is 15.9 Å². The molecule has 0 atom stereocenters. The van der Waals surface area contributed by atoms with Crippen molar-refractivity contribution in [3.63, 3.8) is 0 Å². The molecule has 21 heavy (non-hydrogen) atoms. The molecule has 4 nitrogen and oxygen atoms in total. The maximum Gasteiger partial charge on any atom is 0.292 e. The first kappa shape index (κ1) is 15.5. The first-order valence-electron chi connectivity index (χ1n) is 6.70. The summed E-state index contributed by atoms with van der Waals surface area (Å²) in [5.41, 5.74) is 2.94. The minimum Gasteiger partial charge on any atom is -0.369 e. The van der Waals surface area contributed by atoms with E-state index in [-0.39, 0.29) is 10.6 Å². The van der Waals surface area contributed by atoms with Gasteiger partial charge in [0.15, 0.2) is 0 Å². The Morgan fingerprint density at radius 1 is 1.14 bits per heavy atom. The lowest BCUT2D eigenvalue weighted by Gasteiger charge is -2.19. The molecule has 0 aliphatic carbocycles. The van der Waals surface area contributed by atoms with Crippen LogP contribution in [0.3, 0.4) is 0 Å². The summed E-state index contributed by atoms with van der Waals surface area (Å²) in [4.78, 5) is 12.8. The van der Waals surface area contributed by atoms with Crippen LogP contribution in [0, 0.1) is 10.1 Å². The average Bonchev–Trinajstić information content (AvgIpc) is 2.52. The third-order valence-electron chi connectivity index (χ3n) is 3.38. The average molecular weight is 349 g/mol. The van der Waals surface area contributed by atoms with E-state index >= 15 is 0 Å². The smallest absolute Gasteiger partial charge is 0.292 e. The molecule has 0 spiro atoms. The zero-order chi connectivity index (χ0) is 15.2. The topological polar surface area (TPSA) is 46.4 Å². The van der Waals surface area contributed by atoms with Gasteiger partial charge in [-0.3, -0.25) is 10.1 Å². The fourth-order valence-electron chi connectivity index (χ4n) is 2.18. The summed E-state index contributed by atoms with van der Waals surface area (Å²) in [5.74, 6) is 0. The van der Waals surface area contributed by atoms with E-state index in [1.165, 1.54) is 5.56 Å². The molecule has 0 saturated carbocycles. The maximum absolute atomic E-state index is 11.2. The van der Waals surface area contributed by atoms with Crippen LogP contribution in [-0.2, 0) is 11.8 Å². The van der Waals surface area contributed by atoms with Gasteiger partial charge in [0.25, 0.3) is 5.69 Å². The van der Waals surface area contributed by atoms with Gasteiger partial charge in [-0.1, -0.05) is 52.3 Å². The molecule has 0 bridgehead atoms. The van der Waals surface area contributed by atoms with Crippen molar-refractivity contribution < 1.29 is 4.92 Å². The van der Waals surface area contributed by atoms with Gasteiger partial charge in [-0.05, 0) is 23.6 Å². The van der Waals surface area contributed by atoms with Gasteiger partial charge in [0.1, 0.15) is 5.69 Å². The molecule has 2 aromatic rings. The van der Waals surface area contributed by atoms with E-state index in [2.05, 4.69) is 28.1 Å². The van der Waals surface area contributed by atoms with Crippen molar-refractivity contribution in [1.29, 1.82) is 0 Å². The van der Waals surface area contributed by atoms with E-state index in [1.54, 1.807) is 6.07 Å². The Labute approximate surface area is 132 Å². The zero-order valence-corrected chi connectivity index (χ0v) is 13.4. The lowest BCUT2D eigenvalue weighted by molar-refractivity contribution is -0.384. The Kier molecular flexibility index (Phi) is 5.33. The third-order valence-corrected chi connectivity index (χ3v) is 4.03. The summed E-state index contributed by atoms with van der Waals surface area (Å²) in [6.07, 6.45) is 0.856. The molecule has 0 saturated heterocycles. The number of nitro benzene ring substituents is 1. The molecule has 2 rings (SSSR count). The van der Waals surface area contributed by atoms with Crippen LogP contribution in [0.5, 0.6) is 0 Å². The van der Waals surface area contributed by atoms with Crippen LogP contribution in [0.2, 0.25) is 0 Å². The zero-order valence-electron chi connectivity index (χ0n) is 11.8. The summed E-state index contributed by atoms with van der Waals surface area (Å²) in [6.45, 7) is 0.735. The second kappa shape index (κ2) is 7.22. The molecule has 0 amide bonds. The quantitative estimate of drug-likeness (QED) is 0.447. The Morgan fingerprint density at radius 3 is 2.48 bits per heavy atom. The molecule has 2 aromatic carbocycles. The molecule has 0 aliphatic heterocycles. The van der Waals surface area contributed by atoms with Gasteiger partial charge in [-0.15, -0.1) is 0 Å². The second-order valence-corrected chi connectivity index (χ2v) is 5.43. The molecule has 0 heterocycles. The fourth-order valence-corrected chi connectivity index (χ4v) is 2.53. The summed E-state index contributed by atoms with van der Waals surface area (Å²) in [5, 5.41) is 11.8. The molecule has 5 heteroatoms. The molecule has 0 radical (unpaired) electrons. The Hall–Kier alpha value is -1.88. The third kappa shape index (κ3) is 4.04. The van der Waals surface area contributed by atoms with Gasteiger partial charge in [0.05, 0.1) is 4.92 Å². The Bertz CT molecular complexity index is 617. The van der Waals surface area contributed by atoms with Gasteiger partial charge < -0.3 is 4.90 Å². The molecule has 0 fully saturated rings. The van der Waals surface area contributed by atoms with Crippen LogP contribution < -0.4 is 4.90 Å². The van der Waals surface area contributed by atoms with Gasteiger partial charge in [0, 0.05) is 25.0 Å². The molecule has 0 N–H and O–H groups in total. The minimum absolute atomic E-state index is 0.155. The molecule has 0 unspecified atom stereocenters. The van der Waals surface area contributed by atoms with Crippen molar-refractivity contribution in [2.45, 2.75) is 11.8 Å². The summed E-state index contributed by atoms with van der Waals surface area (Å²) in [7, 11) is 1.89. The van der Waals surface area contributed by atoms with Gasteiger partial charge in [-0.2, -0.15) is 0 Å². The highest BCUT2D eigenvalue weighted by molar-refractivity contribution is 9.08. The van der Waals surface area contributed by atoms with E-state index in [9.17, 15) is 10.1 Å². The van der Waals surface area contributed by atoms with Crippen molar-refractivity contribution in [1.82, 2.24) is 0 Å². The predicted molar refractivity (Wildman–Crippen MR) is 89.1 cm³/mol. The molecular formula is C16H17BrN2O2. The Balaban J connectivity index is 2.15. The largest absolute Gasteiger partial charge is 0.369 e. The van der Waals surface area contributed by atoms with E-state index in [4.69, 9.17) is 0 Å². The highest BCUT2D eigenvalue weighted by Gasteiger charge is 2.17. The van der Waals surface area contributed by atoms with E-state index in [1.807, 2.05) is 42.3 Å². The van der Waals surface area contributed by atoms with E-state index in [0.717, 1.165) is 18.5 Å². The number of halogens is 1. The van der Waals surface area contributed by atoms with E-state index < -0.39 is 0 Å². The Morgan fingerprint density at radius 2 is 1.86 bits per heavy atom. The van der Waals surface area contributed by atoms with Gasteiger partial charge in [0.2, 0.25) is 0 Å². The van der Waals surface area contributed by atoms with Crippen molar-refractivity contribution in [3.05, 3.63) is 69.8 Å². The first-order valence-corrected chi connectivity index (χ1v) is 7.82. The highest BCUT2D eigenvalue weighted by Crippen LogP contribution is 2.29. The van der Waals surface area contributed by atoms with Crippen LogP contribution in [0.4, 0.5) is 11.4 Å². The first-order chi connectivity index (χ1) is 10.1. The number of hydrogen-bond donors (Lipinski definition) is 0. The standard InChI is InChI=1S/C16H17BrN2O2/c1-18(10-9-13-5-3-2-4-6-13)15-8-7-14(12-17)11-16(15)19(20)21/h2-8,11H,9-10,12H2,1H3. The van der Waals surface area contributed by atoms with Crippen LogP contribution in [-0.4, -0.2) is 18.5 Å². The SMILES string of the molecule is CN(CCc1ccccc1)c1ccc(CBr)cc1[N+](=O)[O-]. The van der Waals surface area contributed by atoms with E-state index in [0.29, 0.717) is 11.0 Å². The molecule has 0 aliphatic rings. The summed E-state index contributed by atoms with van der Waals surface area (Å²) in [6, 6.07) is 15.5. The molecule has 0 aromatic heterocycles. The molecular weight excluding hydrogens is 332 g/mol. The van der Waals surface area contributed by atoms with Gasteiger partial charge in [-0.25, -0.2) is 0 Å². The number of alkyl halides is 1. The van der Waals surface area contributed by atoms with Crippen LogP contribution in [0.1, 0.15) is 11.1 Å². The number of nitrogens with zero attached hydrogens (tertiary/aromatic N) is 2. The molecule has 110 valence electrons. The number of hydrogen-bond acceptors (Lipinski definition) is 3. The van der Waals surface area contributed by atoms with Crippen LogP contribution in [0.15, 0.2) is 48.5 Å². The van der Waals surface area contributed by atoms with Crippen molar-refractivity contribution in [3.8, 4) is 0 Å². The lowest BCUT2D eigenvalue weighted by atomic mass is 10.1. The fraction of sp³-hybridized carbons (Fsp3) is 0.250. The monoisotopic (exact) mass is 348 g/mol. The van der Waals surface area contributed by atoms with Gasteiger partial charge >= 0.3 is 0 Å². The number of anilines is 1. The number of rotatable bonds is 6. The summed E-state index contributed by atoms with van der Waals surface area (Å²) >= 11 is 3.33. The summed E-state index contributed by atoms with van der Waals surface area (Å²) < 4.78 is 0. The number of benzene rings is 2. The lowest BCUT2D eigenvalue weighted by Crippen LogP contribution is -2.21. The predicted octanol–water partition coefficient (Wildman–Crippen LogP) is 4.17. The second-order valence-electron chi connectivity index (χ2n) is 4.87. The minimum atomic E-state index is -0.319. The van der Waals surface area contributed by atoms with Crippen molar-refractivity contribution in [2.75, 3.05) is 18.5 Å². The van der Waals surface area contributed by atoms with Crippen molar-refractivity contribution >= 4 is 27.3 Å². The highest BCUT2D eigenvalue weighted by atomic mass is 79.9. The van der Waals surface area contributed by atoms with Crippen molar-refractivity contribution in [2.24, 2.45) is 0 Å². The number of nitro groups is 1. The number of likely N-dealkylation sites (N-methyl/N-ethyl adjacent to an activating group) is 1. The normalized spacial score (nSPS) is 10.4. The maximum atomic E-state index is 11.2.